The average Bonchev–Trinajstić information content (AvgIpc) is 3.03. The van der Waals surface area contributed by atoms with Crippen LogP contribution in [-0.4, -0.2) is 23.1 Å². The molecule has 5 heteroatoms. The van der Waals surface area contributed by atoms with Crippen molar-refractivity contribution in [3.05, 3.63) is 59.4 Å². The minimum atomic E-state index is -0.304. The van der Waals surface area contributed by atoms with Gasteiger partial charge in [-0.1, -0.05) is 18.2 Å². The van der Waals surface area contributed by atoms with E-state index in [4.69, 9.17) is 12.2 Å². The van der Waals surface area contributed by atoms with Gasteiger partial charge < -0.3 is 10.6 Å². The van der Waals surface area contributed by atoms with E-state index < -0.39 is 0 Å². The van der Waals surface area contributed by atoms with E-state index in [-0.39, 0.29) is 5.82 Å². The van der Waals surface area contributed by atoms with Crippen LogP contribution in [-0.2, 0) is 6.54 Å². The molecule has 0 amide bonds. The fourth-order valence-corrected chi connectivity index (χ4v) is 3.18. The first-order valence-electron chi connectivity index (χ1n) is 8.25. The molecule has 0 bridgehead atoms. The SMILES string of the molecule is Cc1ccc(NC(=S)Nc2cccc(CN3CCCC3)c2)c(F)c1. The van der Waals surface area contributed by atoms with Gasteiger partial charge in [0.2, 0.25) is 0 Å². The lowest BCUT2D eigenvalue weighted by Crippen LogP contribution is -2.21. The number of nitrogens with one attached hydrogen (secondary N) is 2. The van der Waals surface area contributed by atoms with Crippen LogP contribution >= 0.6 is 12.2 Å². The summed E-state index contributed by atoms with van der Waals surface area (Å²) in [4.78, 5) is 2.46. The Hall–Kier alpha value is -1.98. The summed E-state index contributed by atoms with van der Waals surface area (Å²) in [5, 5.41) is 6.43. The standard InChI is InChI=1S/C19H22FN3S/c1-14-7-8-18(17(20)11-14)22-19(24)21-16-6-4-5-15(12-16)13-23-9-2-3-10-23/h4-8,11-12H,2-3,9-10,13H2,1H3,(H2,21,22,24). The highest BCUT2D eigenvalue weighted by molar-refractivity contribution is 7.80. The van der Waals surface area contributed by atoms with Gasteiger partial charge in [-0.2, -0.15) is 0 Å². The maximum atomic E-state index is 13.9. The normalized spacial score (nSPS) is 14.6. The second kappa shape index (κ2) is 7.73. The van der Waals surface area contributed by atoms with Crippen molar-refractivity contribution in [2.75, 3.05) is 23.7 Å². The first kappa shape index (κ1) is 16.9. The molecule has 1 heterocycles. The zero-order valence-corrected chi connectivity index (χ0v) is 14.6. The van der Waals surface area contributed by atoms with Gasteiger partial charge in [0, 0.05) is 12.2 Å². The minimum absolute atomic E-state index is 0.304. The highest BCUT2D eigenvalue weighted by Gasteiger charge is 2.12. The lowest BCUT2D eigenvalue weighted by molar-refractivity contribution is 0.331. The summed E-state index contributed by atoms with van der Waals surface area (Å²) in [5.41, 5.74) is 3.43. The fourth-order valence-electron chi connectivity index (χ4n) is 2.95. The van der Waals surface area contributed by atoms with Crippen LogP contribution in [0.5, 0.6) is 0 Å². The predicted octanol–water partition coefficient (Wildman–Crippen LogP) is 4.54. The predicted molar refractivity (Wildman–Crippen MR) is 102 cm³/mol. The third-order valence-corrected chi connectivity index (χ3v) is 4.37. The molecule has 1 saturated heterocycles. The number of anilines is 2. The molecule has 0 atom stereocenters. The van der Waals surface area contributed by atoms with Crippen molar-refractivity contribution < 1.29 is 4.39 Å². The van der Waals surface area contributed by atoms with Crippen molar-refractivity contribution in [2.24, 2.45) is 0 Å². The number of aryl methyl sites for hydroxylation is 1. The van der Waals surface area contributed by atoms with E-state index in [2.05, 4.69) is 27.7 Å². The number of hydrogen-bond acceptors (Lipinski definition) is 2. The molecule has 3 nitrogen and oxygen atoms in total. The molecular formula is C19H22FN3S. The molecule has 1 aliphatic rings. The van der Waals surface area contributed by atoms with Crippen molar-refractivity contribution >= 4 is 28.7 Å². The second-order valence-corrected chi connectivity index (χ2v) is 6.65. The van der Waals surface area contributed by atoms with Gasteiger partial charge >= 0.3 is 0 Å². The quantitative estimate of drug-likeness (QED) is 0.797. The van der Waals surface area contributed by atoms with Gasteiger partial charge in [0.25, 0.3) is 0 Å². The highest BCUT2D eigenvalue weighted by atomic mass is 32.1. The van der Waals surface area contributed by atoms with E-state index in [1.165, 1.54) is 37.6 Å². The minimum Gasteiger partial charge on any atom is -0.332 e. The van der Waals surface area contributed by atoms with E-state index in [9.17, 15) is 4.39 Å². The first-order valence-corrected chi connectivity index (χ1v) is 8.66. The summed E-state index contributed by atoms with van der Waals surface area (Å²) in [6.07, 6.45) is 2.57. The Morgan fingerprint density at radius 3 is 2.67 bits per heavy atom. The molecule has 0 radical (unpaired) electrons. The smallest absolute Gasteiger partial charge is 0.175 e. The Labute approximate surface area is 147 Å². The summed E-state index contributed by atoms with van der Waals surface area (Å²) >= 11 is 5.30. The average molecular weight is 343 g/mol. The van der Waals surface area contributed by atoms with Gasteiger partial charge in [0.05, 0.1) is 5.69 Å². The molecule has 3 rings (SSSR count). The van der Waals surface area contributed by atoms with E-state index >= 15 is 0 Å². The van der Waals surface area contributed by atoms with Crippen molar-refractivity contribution in [3.63, 3.8) is 0 Å². The van der Waals surface area contributed by atoms with Crippen LogP contribution < -0.4 is 10.6 Å². The Bertz CT molecular complexity index is 726. The Morgan fingerprint density at radius 1 is 1.12 bits per heavy atom. The Balaban J connectivity index is 1.61. The number of benzene rings is 2. The van der Waals surface area contributed by atoms with Gasteiger partial charge in [0.1, 0.15) is 5.82 Å². The molecule has 0 aliphatic carbocycles. The fraction of sp³-hybridized carbons (Fsp3) is 0.316. The lowest BCUT2D eigenvalue weighted by atomic mass is 10.2. The van der Waals surface area contributed by atoms with E-state index in [0.29, 0.717) is 10.8 Å². The highest BCUT2D eigenvalue weighted by Crippen LogP contribution is 2.18. The third-order valence-electron chi connectivity index (χ3n) is 4.16. The summed E-state index contributed by atoms with van der Waals surface area (Å²) in [6, 6.07) is 13.2. The molecular weight excluding hydrogens is 321 g/mol. The van der Waals surface area contributed by atoms with Crippen LogP contribution in [0.15, 0.2) is 42.5 Å². The second-order valence-electron chi connectivity index (χ2n) is 6.25. The number of hydrogen-bond donors (Lipinski definition) is 2. The zero-order valence-electron chi connectivity index (χ0n) is 13.8. The van der Waals surface area contributed by atoms with Crippen LogP contribution in [0, 0.1) is 12.7 Å². The van der Waals surface area contributed by atoms with E-state index in [0.717, 1.165) is 17.8 Å². The largest absolute Gasteiger partial charge is 0.332 e. The topological polar surface area (TPSA) is 27.3 Å². The van der Waals surface area contributed by atoms with Crippen LogP contribution in [0.4, 0.5) is 15.8 Å². The van der Waals surface area contributed by atoms with Crippen molar-refractivity contribution in [3.8, 4) is 0 Å². The molecule has 2 aromatic carbocycles. The molecule has 24 heavy (non-hydrogen) atoms. The molecule has 1 aliphatic heterocycles. The molecule has 0 spiro atoms. The van der Waals surface area contributed by atoms with Crippen LogP contribution in [0.2, 0.25) is 0 Å². The van der Waals surface area contributed by atoms with Gasteiger partial charge in [-0.25, -0.2) is 4.39 Å². The maximum Gasteiger partial charge on any atom is 0.175 e. The van der Waals surface area contributed by atoms with E-state index in [1.807, 2.05) is 25.1 Å². The Kier molecular flexibility index (Phi) is 5.43. The lowest BCUT2D eigenvalue weighted by Gasteiger charge is -2.16. The van der Waals surface area contributed by atoms with Crippen LogP contribution in [0.1, 0.15) is 24.0 Å². The number of nitrogens with zero attached hydrogens (tertiary/aromatic N) is 1. The van der Waals surface area contributed by atoms with Crippen LogP contribution in [0.25, 0.3) is 0 Å². The molecule has 1 fully saturated rings. The van der Waals surface area contributed by atoms with E-state index in [1.54, 1.807) is 6.07 Å². The molecule has 0 saturated carbocycles. The maximum absolute atomic E-state index is 13.9. The van der Waals surface area contributed by atoms with Gasteiger partial charge in [-0.15, -0.1) is 0 Å². The van der Waals surface area contributed by atoms with Crippen LogP contribution in [0.3, 0.4) is 0 Å². The number of likely N-dealkylation sites (tertiary alicyclic amines) is 1. The zero-order chi connectivity index (χ0) is 16.9. The Morgan fingerprint density at radius 2 is 1.92 bits per heavy atom. The number of halogens is 1. The molecule has 2 aromatic rings. The van der Waals surface area contributed by atoms with Crippen molar-refractivity contribution in [1.29, 1.82) is 0 Å². The summed E-state index contributed by atoms with van der Waals surface area (Å²) in [6.45, 7) is 5.16. The molecule has 2 N–H and O–H groups in total. The first-order chi connectivity index (χ1) is 11.6. The van der Waals surface area contributed by atoms with Crippen molar-refractivity contribution in [2.45, 2.75) is 26.3 Å². The molecule has 126 valence electrons. The monoisotopic (exact) mass is 343 g/mol. The van der Waals surface area contributed by atoms with Gasteiger partial charge in [-0.05, 0) is 80.5 Å². The third kappa shape index (κ3) is 4.52. The molecule has 0 aromatic heterocycles. The molecule has 0 unspecified atom stereocenters. The number of thiocarbonyl (C=S) groups is 1. The van der Waals surface area contributed by atoms with Crippen molar-refractivity contribution in [1.82, 2.24) is 4.90 Å². The number of rotatable bonds is 4. The summed E-state index contributed by atoms with van der Waals surface area (Å²) < 4.78 is 13.9. The summed E-state index contributed by atoms with van der Waals surface area (Å²) in [7, 11) is 0. The van der Waals surface area contributed by atoms with Gasteiger partial charge in [0.15, 0.2) is 5.11 Å². The summed E-state index contributed by atoms with van der Waals surface area (Å²) in [5.74, 6) is -0.304. The van der Waals surface area contributed by atoms with Gasteiger partial charge in [-0.3, -0.25) is 4.90 Å².